The molecule has 5 rings (SSSR count). The Hall–Kier alpha value is -2.58. The van der Waals surface area contributed by atoms with Crippen molar-refractivity contribution < 1.29 is 79.2 Å². The number of hydrogen-bond acceptors (Lipinski definition) is 16. The summed E-state index contributed by atoms with van der Waals surface area (Å²) < 4.78 is 27.4. The van der Waals surface area contributed by atoms with E-state index in [1.54, 1.807) is 0 Å². The summed E-state index contributed by atoms with van der Waals surface area (Å²) in [4.78, 5) is 27.2. The minimum absolute atomic E-state index is 0.0524. The molecule has 2 fully saturated rings. The standard InChI is InChI=1S/C28H36O16/c1-28(39)5-11-16(12(30)6-28)21(34)17-10(18(11)31)3-9(40-2)4-13(17)42-27-25(38)23(36)20(33)15(44-27)8-41-26-24(37)22(35)19(32)14(7-29)43-26/h3-4,12,14-15,19-20,22-27,29-30,32-33,35-39H,5-8H2,1-2H3/t12?,14-,15-,19-,20-,22+,23+,24-,25-,26-,27-,28?/m1/s1. The van der Waals surface area contributed by atoms with Gasteiger partial charge < -0.3 is 69.6 Å². The second-order valence-electron chi connectivity index (χ2n) is 11.7. The number of ketones is 2. The highest BCUT2D eigenvalue weighted by atomic mass is 16.7. The average Bonchev–Trinajstić information content (AvgIpc) is 2.97. The highest BCUT2D eigenvalue weighted by Gasteiger charge is 2.49. The summed E-state index contributed by atoms with van der Waals surface area (Å²) in [6.07, 6.45) is -18.6. The van der Waals surface area contributed by atoms with Crippen LogP contribution >= 0.6 is 0 Å². The number of benzene rings is 1. The molecular weight excluding hydrogens is 592 g/mol. The summed E-state index contributed by atoms with van der Waals surface area (Å²) in [6.45, 7) is 0.102. The minimum Gasteiger partial charge on any atom is -0.497 e. The molecule has 0 amide bonds. The summed E-state index contributed by atoms with van der Waals surface area (Å²) in [5, 5.41) is 92.6. The molecule has 2 heterocycles. The predicted octanol–water partition coefficient (Wildman–Crippen LogP) is -3.72. The van der Waals surface area contributed by atoms with Crippen molar-refractivity contribution in [2.45, 2.75) is 92.9 Å². The van der Waals surface area contributed by atoms with E-state index in [0.717, 1.165) is 0 Å². The fourth-order valence-electron chi connectivity index (χ4n) is 5.94. The lowest BCUT2D eigenvalue weighted by molar-refractivity contribution is -0.323. The number of ether oxygens (including phenoxy) is 5. The molecule has 244 valence electrons. The van der Waals surface area contributed by atoms with E-state index >= 15 is 0 Å². The molecule has 2 saturated heterocycles. The topological polar surface area (TPSA) is 262 Å². The normalized spacial score (nSPS) is 40.8. The number of methoxy groups -OCH3 is 1. The molecule has 16 heteroatoms. The van der Waals surface area contributed by atoms with Gasteiger partial charge in [-0.3, -0.25) is 9.59 Å². The first kappa shape index (κ1) is 32.8. The highest BCUT2D eigenvalue weighted by molar-refractivity contribution is 6.28. The van der Waals surface area contributed by atoms with Gasteiger partial charge in [0, 0.05) is 35.6 Å². The van der Waals surface area contributed by atoms with Crippen LogP contribution in [-0.2, 0) is 14.2 Å². The van der Waals surface area contributed by atoms with Gasteiger partial charge >= 0.3 is 0 Å². The molecule has 1 aromatic rings. The second-order valence-corrected chi connectivity index (χ2v) is 11.7. The van der Waals surface area contributed by atoms with Crippen molar-refractivity contribution in [3.63, 3.8) is 0 Å². The Labute approximate surface area is 250 Å². The van der Waals surface area contributed by atoms with Crippen molar-refractivity contribution in [1.82, 2.24) is 0 Å². The minimum atomic E-state index is -1.89. The van der Waals surface area contributed by atoms with Crippen LogP contribution in [0.25, 0.3) is 0 Å². The fraction of sp³-hybridized carbons (Fsp3) is 0.643. The highest BCUT2D eigenvalue weighted by Crippen LogP contribution is 2.44. The molecule has 2 aliphatic heterocycles. The third kappa shape index (κ3) is 5.77. The van der Waals surface area contributed by atoms with Crippen LogP contribution in [0.3, 0.4) is 0 Å². The number of hydrogen-bond donors (Lipinski definition) is 9. The van der Waals surface area contributed by atoms with E-state index in [1.807, 2.05) is 0 Å². The monoisotopic (exact) mass is 628 g/mol. The number of aliphatic hydroxyl groups is 9. The fourth-order valence-corrected chi connectivity index (χ4v) is 5.94. The number of carbonyl (C=O) groups excluding carboxylic acids is 2. The Morgan fingerprint density at radius 2 is 1.48 bits per heavy atom. The molecule has 16 nitrogen and oxygen atoms in total. The van der Waals surface area contributed by atoms with Crippen LogP contribution in [-0.4, -0.2) is 151 Å². The molecule has 0 saturated carbocycles. The molecule has 4 aliphatic rings. The smallest absolute Gasteiger partial charge is 0.229 e. The quantitative estimate of drug-likeness (QED) is 0.141. The van der Waals surface area contributed by atoms with Crippen LogP contribution in [0, 0.1) is 0 Å². The molecule has 0 spiro atoms. The van der Waals surface area contributed by atoms with Crippen LogP contribution < -0.4 is 9.47 Å². The van der Waals surface area contributed by atoms with Crippen molar-refractivity contribution in [2.75, 3.05) is 20.3 Å². The first-order chi connectivity index (χ1) is 20.7. The molecule has 1 aromatic carbocycles. The van der Waals surface area contributed by atoms with E-state index in [9.17, 15) is 55.5 Å². The lowest BCUT2D eigenvalue weighted by atomic mass is 9.71. The van der Waals surface area contributed by atoms with Crippen molar-refractivity contribution in [2.24, 2.45) is 0 Å². The SMILES string of the molecule is COc1cc(O[C@@H]2O[C@H](CO[C@@H]3O[C@H](CO)[C@@H](O)[C@H](O)[C@H]3O)[C@@H](O)[C@H](O)[C@H]2O)c2c(c1)C(=O)C1=C(C2=O)C(O)CC(C)(O)C1. The van der Waals surface area contributed by atoms with Crippen molar-refractivity contribution in [1.29, 1.82) is 0 Å². The molecular formula is C28H36O16. The molecule has 0 bridgehead atoms. The van der Waals surface area contributed by atoms with Crippen LogP contribution in [0.5, 0.6) is 11.5 Å². The van der Waals surface area contributed by atoms with E-state index in [4.69, 9.17) is 23.7 Å². The summed E-state index contributed by atoms with van der Waals surface area (Å²) >= 11 is 0. The number of Topliss-reactive ketones (excluding diaryl/α,β-unsaturated/α-hetero) is 2. The predicted molar refractivity (Wildman–Crippen MR) is 142 cm³/mol. The van der Waals surface area contributed by atoms with Gasteiger partial charge in [-0.25, -0.2) is 0 Å². The average molecular weight is 629 g/mol. The molecule has 0 radical (unpaired) electrons. The summed E-state index contributed by atoms with van der Waals surface area (Å²) in [5.74, 6) is -1.65. The maximum absolute atomic E-state index is 13.7. The Balaban J connectivity index is 1.40. The Kier molecular flexibility index (Phi) is 9.18. The molecule has 2 aliphatic carbocycles. The zero-order chi connectivity index (χ0) is 32.2. The molecule has 44 heavy (non-hydrogen) atoms. The molecule has 12 atom stereocenters. The Morgan fingerprint density at radius 3 is 2.11 bits per heavy atom. The summed E-state index contributed by atoms with van der Waals surface area (Å²) in [6, 6.07) is 2.52. The van der Waals surface area contributed by atoms with Gasteiger partial charge in [0.15, 0.2) is 17.9 Å². The van der Waals surface area contributed by atoms with Crippen LogP contribution in [0.2, 0.25) is 0 Å². The number of fused-ring (bicyclic) bond motifs is 1. The van der Waals surface area contributed by atoms with Gasteiger partial charge in [0.1, 0.15) is 60.3 Å². The Morgan fingerprint density at radius 1 is 0.864 bits per heavy atom. The lowest BCUT2D eigenvalue weighted by Gasteiger charge is -2.42. The summed E-state index contributed by atoms with van der Waals surface area (Å²) in [7, 11) is 1.29. The third-order valence-corrected chi connectivity index (χ3v) is 8.34. The van der Waals surface area contributed by atoms with Gasteiger partial charge in [-0.15, -0.1) is 0 Å². The van der Waals surface area contributed by atoms with Crippen LogP contribution in [0.1, 0.15) is 40.5 Å². The van der Waals surface area contributed by atoms with Crippen LogP contribution in [0.4, 0.5) is 0 Å². The van der Waals surface area contributed by atoms with E-state index in [-0.39, 0.29) is 46.6 Å². The zero-order valence-electron chi connectivity index (χ0n) is 23.7. The van der Waals surface area contributed by atoms with Gasteiger partial charge in [0.2, 0.25) is 6.29 Å². The second kappa shape index (κ2) is 12.3. The van der Waals surface area contributed by atoms with Gasteiger partial charge in [0.05, 0.1) is 37.6 Å². The third-order valence-electron chi connectivity index (χ3n) is 8.34. The van der Waals surface area contributed by atoms with Gasteiger partial charge in [-0.05, 0) is 13.0 Å². The number of aliphatic hydroxyl groups excluding tert-OH is 8. The van der Waals surface area contributed by atoms with Gasteiger partial charge in [0.25, 0.3) is 0 Å². The maximum Gasteiger partial charge on any atom is 0.229 e. The van der Waals surface area contributed by atoms with E-state index < -0.39 is 97.9 Å². The van der Waals surface area contributed by atoms with E-state index in [1.165, 1.54) is 26.2 Å². The molecule has 2 unspecified atom stereocenters. The van der Waals surface area contributed by atoms with Gasteiger partial charge in [-0.1, -0.05) is 0 Å². The first-order valence-electron chi connectivity index (χ1n) is 13.9. The largest absolute Gasteiger partial charge is 0.497 e. The van der Waals surface area contributed by atoms with Crippen LogP contribution in [0.15, 0.2) is 23.3 Å². The molecule has 9 N–H and O–H groups in total. The lowest BCUT2D eigenvalue weighted by Crippen LogP contribution is -2.62. The molecule has 0 aromatic heterocycles. The van der Waals surface area contributed by atoms with Gasteiger partial charge in [-0.2, -0.15) is 0 Å². The maximum atomic E-state index is 13.7. The zero-order valence-corrected chi connectivity index (χ0v) is 23.7. The van der Waals surface area contributed by atoms with Crippen molar-refractivity contribution in [3.8, 4) is 11.5 Å². The summed E-state index contributed by atoms with van der Waals surface area (Å²) in [5.41, 5.74) is -2.12. The van der Waals surface area contributed by atoms with E-state index in [0.29, 0.717) is 0 Å². The Bertz CT molecular complexity index is 1310. The number of carbonyl (C=O) groups is 2. The number of rotatable bonds is 7. The van der Waals surface area contributed by atoms with Crippen molar-refractivity contribution >= 4 is 11.6 Å². The first-order valence-corrected chi connectivity index (χ1v) is 13.9. The van der Waals surface area contributed by atoms with E-state index in [2.05, 4.69) is 0 Å². The van der Waals surface area contributed by atoms with Crippen molar-refractivity contribution in [3.05, 3.63) is 34.4 Å².